The van der Waals surface area contributed by atoms with Crippen molar-refractivity contribution in [2.75, 3.05) is 26.2 Å². The zero-order chi connectivity index (χ0) is 17.1. The van der Waals surface area contributed by atoms with Gasteiger partial charge in [-0.3, -0.25) is 9.69 Å². The number of nitrogens with zero attached hydrogens (tertiary/aromatic N) is 2. The van der Waals surface area contributed by atoms with Gasteiger partial charge in [-0.1, -0.05) is 48.5 Å². The third-order valence-corrected chi connectivity index (χ3v) is 6.38. The lowest BCUT2D eigenvalue weighted by Crippen LogP contribution is -2.40. The summed E-state index contributed by atoms with van der Waals surface area (Å²) in [7, 11) is 0. The number of thioether (sulfide) groups is 1. The van der Waals surface area contributed by atoms with E-state index in [4.69, 9.17) is 0 Å². The van der Waals surface area contributed by atoms with Gasteiger partial charge in [0.05, 0.1) is 5.25 Å². The summed E-state index contributed by atoms with van der Waals surface area (Å²) >= 11 is 1.74. The van der Waals surface area contributed by atoms with Crippen molar-refractivity contribution in [2.45, 2.75) is 29.5 Å². The van der Waals surface area contributed by atoms with Gasteiger partial charge in [-0.25, -0.2) is 0 Å². The standard InChI is InChI=1S/C21H24N2OS/c24-21(20-15-18-9-4-5-10-19(18)25-20)23-12-6-11-22(13-14-23)16-17-7-2-1-3-8-17/h1-5,7-10,20H,6,11-16H2. The predicted octanol–water partition coefficient (Wildman–Crippen LogP) is 3.44. The second kappa shape index (κ2) is 7.63. The molecule has 2 heterocycles. The average Bonchev–Trinajstić information content (AvgIpc) is 2.95. The van der Waals surface area contributed by atoms with Gasteiger partial charge in [0.2, 0.25) is 5.91 Å². The van der Waals surface area contributed by atoms with Gasteiger partial charge in [0.25, 0.3) is 0 Å². The van der Waals surface area contributed by atoms with E-state index >= 15 is 0 Å². The highest BCUT2D eigenvalue weighted by Crippen LogP contribution is 2.37. The lowest BCUT2D eigenvalue weighted by atomic mass is 10.1. The average molecular weight is 353 g/mol. The minimum atomic E-state index is 0.0677. The molecule has 25 heavy (non-hydrogen) atoms. The normalized spacial score (nSPS) is 21.0. The van der Waals surface area contributed by atoms with Gasteiger partial charge in [0.1, 0.15) is 0 Å². The molecule has 1 unspecified atom stereocenters. The number of amides is 1. The Balaban J connectivity index is 1.34. The Labute approximate surface area is 154 Å². The molecule has 0 bridgehead atoms. The molecule has 130 valence electrons. The van der Waals surface area contributed by atoms with E-state index in [0.29, 0.717) is 5.91 Å². The molecule has 1 fully saturated rings. The molecule has 1 atom stereocenters. The van der Waals surface area contributed by atoms with Crippen LogP contribution >= 0.6 is 11.8 Å². The van der Waals surface area contributed by atoms with Crippen LogP contribution in [0.1, 0.15) is 17.5 Å². The van der Waals surface area contributed by atoms with Crippen molar-refractivity contribution >= 4 is 17.7 Å². The minimum Gasteiger partial charge on any atom is -0.340 e. The third-order valence-electron chi connectivity index (χ3n) is 5.07. The number of hydrogen-bond acceptors (Lipinski definition) is 3. The molecule has 2 aliphatic heterocycles. The molecule has 1 amide bonds. The van der Waals surface area contributed by atoms with E-state index in [2.05, 4.69) is 64.4 Å². The molecule has 3 nitrogen and oxygen atoms in total. The molecule has 2 aromatic rings. The number of benzene rings is 2. The minimum absolute atomic E-state index is 0.0677. The van der Waals surface area contributed by atoms with Crippen molar-refractivity contribution in [1.82, 2.24) is 9.80 Å². The zero-order valence-electron chi connectivity index (χ0n) is 14.4. The van der Waals surface area contributed by atoms with Crippen LogP contribution < -0.4 is 0 Å². The van der Waals surface area contributed by atoms with Gasteiger partial charge in [0, 0.05) is 37.6 Å². The molecular formula is C21H24N2OS. The van der Waals surface area contributed by atoms with Crippen LogP contribution in [0.2, 0.25) is 0 Å². The molecule has 1 saturated heterocycles. The zero-order valence-corrected chi connectivity index (χ0v) is 15.3. The van der Waals surface area contributed by atoms with E-state index in [1.807, 2.05) is 0 Å². The van der Waals surface area contributed by atoms with E-state index < -0.39 is 0 Å². The fraction of sp³-hybridized carbons (Fsp3) is 0.381. The van der Waals surface area contributed by atoms with Crippen LogP contribution in [-0.4, -0.2) is 47.1 Å². The SMILES string of the molecule is O=C(C1Cc2ccccc2S1)N1CCCN(Cc2ccccc2)CC1. The molecule has 4 rings (SSSR count). The number of hydrogen-bond donors (Lipinski definition) is 0. The summed E-state index contributed by atoms with van der Waals surface area (Å²) in [6.07, 6.45) is 1.94. The molecule has 0 saturated carbocycles. The predicted molar refractivity (Wildman–Crippen MR) is 103 cm³/mol. The fourth-order valence-corrected chi connectivity index (χ4v) is 4.99. The Kier molecular flexibility index (Phi) is 5.09. The summed E-state index contributed by atoms with van der Waals surface area (Å²) in [6, 6.07) is 19.0. The molecule has 0 N–H and O–H groups in total. The Morgan fingerprint density at radius 1 is 0.960 bits per heavy atom. The first-order valence-corrected chi connectivity index (χ1v) is 9.97. The fourth-order valence-electron chi connectivity index (χ4n) is 3.71. The van der Waals surface area contributed by atoms with Crippen molar-refractivity contribution in [3.63, 3.8) is 0 Å². The molecular weight excluding hydrogens is 328 g/mol. The van der Waals surface area contributed by atoms with Crippen molar-refractivity contribution in [3.8, 4) is 0 Å². The quantitative estimate of drug-likeness (QED) is 0.845. The van der Waals surface area contributed by atoms with Crippen molar-refractivity contribution in [1.29, 1.82) is 0 Å². The van der Waals surface area contributed by atoms with Crippen LogP contribution in [0.3, 0.4) is 0 Å². The summed E-state index contributed by atoms with van der Waals surface area (Å²) in [5.41, 5.74) is 2.68. The van der Waals surface area contributed by atoms with Gasteiger partial charge in [-0.05, 0) is 30.0 Å². The second-order valence-electron chi connectivity index (χ2n) is 6.86. The second-order valence-corrected chi connectivity index (χ2v) is 8.10. The van der Waals surface area contributed by atoms with Crippen LogP contribution in [0.25, 0.3) is 0 Å². The van der Waals surface area contributed by atoms with E-state index in [1.165, 1.54) is 16.0 Å². The highest BCUT2D eigenvalue weighted by Gasteiger charge is 2.32. The molecule has 4 heteroatoms. The van der Waals surface area contributed by atoms with E-state index in [0.717, 1.165) is 45.6 Å². The summed E-state index contributed by atoms with van der Waals surface area (Å²) in [5.74, 6) is 0.322. The summed E-state index contributed by atoms with van der Waals surface area (Å²) in [6.45, 7) is 4.74. The van der Waals surface area contributed by atoms with E-state index in [9.17, 15) is 4.79 Å². The van der Waals surface area contributed by atoms with Crippen LogP contribution in [-0.2, 0) is 17.8 Å². The van der Waals surface area contributed by atoms with Gasteiger partial charge >= 0.3 is 0 Å². The highest BCUT2D eigenvalue weighted by atomic mass is 32.2. The van der Waals surface area contributed by atoms with Crippen LogP contribution in [0.15, 0.2) is 59.5 Å². The number of fused-ring (bicyclic) bond motifs is 1. The smallest absolute Gasteiger partial charge is 0.236 e. The van der Waals surface area contributed by atoms with Gasteiger partial charge in [-0.15, -0.1) is 11.8 Å². The third kappa shape index (κ3) is 3.91. The molecule has 0 aliphatic carbocycles. The Bertz CT molecular complexity index is 709. The molecule has 0 aromatic heterocycles. The largest absolute Gasteiger partial charge is 0.340 e. The maximum absolute atomic E-state index is 13.0. The van der Waals surface area contributed by atoms with Crippen molar-refractivity contribution < 1.29 is 4.79 Å². The van der Waals surface area contributed by atoms with Gasteiger partial charge < -0.3 is 4.90 Å². The molecule has 0 spiro atoms. The summed E-state index contributed by atoms with van der Waals surface area (Å²) < 4.78 is 0. The maximum atomic E-state index is 13.0. The van der Waals surface area contributed by atoms with Crippen LogP contribution in [0.5, 0.6) is 0 Å². The monoisotopic (exact) mass is 352 g/mol. The number of rotatable bonds is 3. The first-order chi connectivity index (χ1) is 12.3. The van der Waals surface area contributed by atoms with Crippen molar-refractivity contribution in [2.24, 2.45) is 0 Å². The Hall–Kier alpha value is -1.78. The first-order valence-electron chi connectivity index (χ1n) is 9.09. The molecule has 0 radical (unpaired) electrons. The maximum Gasteiger partial charge on any atom is 0.236 e. The van der Waals surface area contributed by atoms with Gasteiger partial charge in [-0.2, -0.15) is 0 Å². The molecule has 2 aliphatic rings. The number of carbonyl (C=O) groups excluding carboxylic acids is 1. The number of carbonyl (C=O) groups is 1. The summed E-state index contributed by atoms with van der Waals surface area (Å²) in [4.78, 5) is 18.8. The lowest BCUT2D eigenvalue weighted by Gasteiger charge is -2.24. The van der Waals surface area contributed by atoms with Crippen LogP contribution in [0.4, 0.5) is 0 Å². The van der Waals surface area contributed by atoms with Gasteiger partial charge in [0.15, 0.2) is 0 Å². The van der Waals surface area contributed by atoms with E-state index in [-0.39, 0.29) is 5.25 Å². The van der Waals surface area contributed by atoms with Crippen molar-refractivity contribution in [3.05, 3.63) is 65.7 Å². The first kappa shape index (κ1) is 16.7. The Morgan fingerprint density at radius 2 is 1.76 bits per heavy atom. The highest BCUT2D eigenvalue weighted by molar-refractivity contribution is 8.01. The topological polar surface area (TPSA) is 23.6 Å². The molecule has 2 aromatic carbocycles. The van der Waals surface area contributed by atoms with Crippen LogP contribution in [0, 0.1) is 0 Å². The van der Waals surface area contributed by atoms with E-state index in [1.54, 1.807) is 11.8 Å². The lowest BCUT2D eigenvalue weighted by molar-refractivity contribution is -0.130. The summed E-state index contributed by atoms with van der Waals surface area (Å²) in [5, 5.41) is 0.0677. The Morgan fingerprint density at radius 3 is 2.60 bits per heavy atom.